The van der Waals surface area contributed by atoms with Gasteiger partial charge in [-0.1, -0.05) is 6.92 Å². The molecule has 3 nitrogen and oxygen atoms in total. The van der Waals surface area contributed by atoms with Crippen LogP contribution in [0.25, 0.3) is 0 Å². The van der Waals surface area contributed by atoms with Gasteiger partial charge in [-0.15, -0.1) is 23.1 Å². The van der Waals surface area contributed by atoms with Crippen molar-refractivity contribution in [3.05, 3.63) is 17.0 Å². The van der Waals surface area contributed by atoms with Crippen LogP contribution in [0.15, 0.2) is 15.7 Å². The molecular formula is C17H28N2OS2. The summed E-state index contributed by atoms with van der Waals surface area (Å²) in [6.45, 7) is 6.10. The van der Waals surface area contributed by atoms with Crippen molar-refractivity contribution in [1.29, 1.82) is 0 Å². The van der Waals surface area contributed by atoms with Gasteiger partial charge < -0.3 is 10.4 Å². The summed E-state index contributed by atoms with van der Waals surface area (Å²) in [5.41, 5.74) is 1.52. The van der Waals surface area contributed by atoms with Gasteiger partial charge in [-0.25, -0.2) is 0 Å². The molecular weight excluding hydrogens is 312 g/mol. The summed E-state index contributed by atoms with van der Waals surface area (Å²) in [4.78, 5) is 2.47. The average molecular weight is 341 g/mol. The molecule has 0 amide bonds. The van der Waals surface area contributed by atoms with E-state index in [9.17, 15) is 5.11 Å². The lowest BCUT2D eigenvalue weighted by molar-refractivity contribution is 0.157. The highest BCUT2D eigenvalue weighted by atomic mass is 32.2. The fraction of sp³-hybridized carbons (Fsp3) is 0.765. The van der Waals surface area contributed by atoms with E-state index in [1.54, 1.807) is 0 Å². The van der Waals surface area contributed by atoms with Crippen LogP contribution in [0.2, 0.25) is 0 Å². The summed E-state index contributed by atoms with van der Waals surface area (Å²) in [6, 6.07) is 3.28. The Morgan fingerprint density at radius 2 is 2.32 bits per heavy atom. The SMILES string of the molecule is C[C@H]1CC(NCCCCN2CCCC2CO)c2ccsc2S1. The molecule has 3 atom stereocenters. The molecule has 1 aromatic heterocycles. The number of unbranched alkanes of at least 4 members (excludes halogenated alkanes) is 1. The van der Waals surface area contributed by atoms with E-state index in [1.165, 1.54) is 48.4 Å². The number of aliphatic hydroxyl groups excluding tert-OH is 1. The Bertz CT molecular complexity index is 465. The van der Waals surface area contributed by atoms with Crippen molar-refractivity contribution in [1.82, 2.24) is 10.2 Å². The van der Waals surface area contributed by atoms with Gasteiger partial charge in [0.1, 0.15) is 0 Å². The first-order valence-corrected chi connectivity index (χ1v) is 10.4. The molecule has 0 aromatic carbocycles. The molecule has 2 unspecified atom stereocenters. The second-order valence-electron chi connectivity index (χ2n) is 6.56. The topological polar surface area (TPSA) is 35.5 Å². The standard InChI is InChI=1S/C17H28N2OS2/c1-13-11-16(15-6-10-21-17(15)22-13)18-7-2-3-8-19-9-4-5-14(19)12-20/h6,10,13-14,16,18,20H,2-5,7-9,11-12H2,1H3/t13-,14?,16?/m0/s1. The number of thioether (sulfide) groups is 1. The second kappa shape index (κ2) is 8.15. The van der Waals surface area contributed by atoms with Crippen LogP contribution in [-0.2, 0) is 0 Å². The highest BCUT2D eigenvalue weighted by Gasteiger charge is 2.26. The monoisotopic (exact) mass is 340 g/mol. The van der Waals surface area contributed by atoms with Gasteiger partial charge in [0.2, 0.25) is 0 Å². The van der Waals surface area contributed by atoms with Gasteiger partial charge in [-0.2, -0.15) is 0 Å². The number of nitrogens with zero attached hydrogens (tertiary/aromatic N) is 1. The molecule has 2 N–H and O–H groups in total. The zero-order chi connectivity index (χ0) is 15.4. The molecule has 3 heterocycles. The van der Waals surface area contributed by atoms with Crippen LogP contribution in [0, 0.1) is 0 Å². The van der Waals surface area contributed by atoms with Crippen LogP contribution in [0.3, 0.4) is 0 Å². The van der Waals surface area contributed by atoms with E-state index >= 15 is 0 Å². The van der Waals surface area contributed by atoms with Gasteiger partial charge >= 0.3 is 0 Å². The van der Waals surface area contributed by atoms with E-state index in [0.717, 1.165) is 18.3 Å². The molecule has 22 heavy (non-hydrogen) atoms. The maximum Gasteiger partial charge on any atom is 0.0649 e. The lowest BCUT2D eigenvalue weighted by Crippen LogP contribution is -2.33. The molecule has 2 aliphatic heterocycles. The summed E-state index contributed by atoms with van der Waals surface area (Å²) in [6.07, 6.45) is 6.13. The Morgan fingerprint density at radius 1 is 1.41 bits per heavy atom. The van der Waals surface area contributed by atoms with Crippen molar-refractivity contribution < 1.29 is 5.11 Å². The number of hydrogen-bond acceptors (Lipinski definition) is 5. The maximum atomic E-state index is 9.35. The van der Waals surface area contributed by atoms with Crippen molar-refractivity contribution in [3.63, 3.8) is 0 Å². The zero-order valence-corrected chi connectivity index (χ0v) is 15.1. The largest absolute Gasteiger partial charge is 0.395 e. The zero-order valence-electron chi connectivity index (χ0n) is 13.5. The minimum absolute atomic E-state index is 0.330. The number of rotatable bonds is 7. The first-order valence-electron chi connectivity index (χ1n) is 8.60. The summed E-state index contributed by atoms with van der Waals surface area (Å²) in [5, 5.41) is 16.1. The maximum absolute atomic E-state index is 9.35. The Kier molecular flexibility index (Phi) is 6.22. The van der Waals surface area contributed by atoms with E-state index < -0.39 is 0 Å². The van der Waals surface area contributed by atoms with Crippen molar-refractivity contribution in [3.8, 4) is 0 Å². The highest BCUT2D eigenvalue weighted by molar-refractivity contribution is 8.01. The summed E-state index contributed by atoms with van der Waals surface area (Å²) >= 11 is 3.92. The predicted molar refractivity (Wildman–Crippen MR) is 95.9 cm³/mol. The van der Waals surface area contributed by atoms with Gasteiger partial charge in [0.05, 0.1) is 10.8 Å². The summed E-state index contributed by atoms with van der Waals surface area (Å²) < 4.78 is 1.51. The number of likely N-dealkylation sites (tertiary alicyclic amines) is 1. The van der Waals surface area contributed by atoms with Crippen molar-refractivity contribution >= 4 is 23.1 Å². The fourth-order valence-corrected chi connectivity index (χ4v) is 6.22. The molecule has 0 spiro atoms. The van der Waals surface area contributed by atoms with E-state index in [0.29, 0.717) is 18.7 Å². The highest BCUT2D eigenvalue weighted by Crippen LogP contribution is 2.43. The van der Waals surface area contributed by atoms with Crippen molar-refractivity contribution in [2.75, 3.05) is 26.2 Å². The van der Waals surface area contributed by atoms with Gasteiger partial charge in [0, 0.05) is 17.3 Å². The smallest absolute Gasteiger partial charge is 0.0649 e. The molecule has 2 aliphatic rings. The molecule has 0 bridgehead atoms. The third-order valence-electron chi connectivity index (χ3n) is 4.88. The third-order valence-corrected chi connectivity index (χ3v) is 7.23. The summed E-state index contributed by atoms with van der Waals surface area (Å²) in [7, 11) is 0. The molecule has 124 valence electrons. The van der Waals surface area contributed by atoms with Gasteiger partial charge in [0.15, 0.2) is 0 Å². The average Bonchev–Trinajstić information content (AvgIpc) is 3.14. The minimum Gasteiger partial charge on any atom is -0.395 e. The van der Waals surface area contributed by atoms with Crippen LogP contribution >= 0.6 is 23.1 Å². The third kappa shape index (κ3) is 4.06. The molecule has 5 heteroatoms. The van der Waals surface area contributed by atoms with E-state index in [1.807, 2.05) is 23.1 Å². The number of fused-ring (bicyclic) bond motifs is 1. The number of nitrogens with one attached hydrogen (secondary N) is 1. The number of aliphatic hydroxyl groups is 1. The van der Waals surface area contributed by atoms with Gasteiger partial charge in [-0.05, 0) is 68.7 Å². The number of hydrogen-bond donors (Lipinski definition) is 2. The van der Waals surface area contributed by atoms with Crippen LogP contribution in [0.1, 0.15) is 50.6 Å². The van der Waals surface area contributed by atoms with E-state index in [-0.39, 0.29) is 0 Å². The van der Waals surface area contributed by atoms with Crippen LogP contribution < -0.4 is 5.32 Å². The van der Waals surface area contributed by atoms with E-state index in [4.69, 9.17) is 0 Å². The first-order chi connectivity index (χ1) is 10.8. The van der Waals surface area contributed by atoms with E-state index in [2.05, 4.69) is 28.6 Å². The molecule has 1 saturated heterocycles. The normalized spacial score (nSPS) is 28.9. The lowest BCUT2D eigenvalue weighted by Gasteiger charge is -2.28. The molecule has 0 radical (unpaired) electrons. The first kappa shape index (κ1) is 16.8. The Hall–Kier alpha value is -0.0700. The van der Waals surface area contributed by atoms with Crippen molar-refractivity contribution in [2.45, 2.75) is 60.6 Å². The Balaban J connectivity index is 1.37. The molecule has 3 rings (SSSR count). The Morgan fingerprint density at radius 3 is 3.18 bits per heavy atom. The quantitative estimate of drug-likeness (QED) is 0.745. The molecule has 1 aromatic rings. The van der Waals surface area contributed by atoms with Gasteiger partial charge in [-0.3, -0.25) is 4.90 Å². The molecule has 0 saturated carbocycles. The second-order valence-corrected chi connectivity index (χ2v) is 9.18. The predicted octanol–water partition coefficient (Wildman–Crippen LogP) is 3.50. The lowest BCUT2D eigenvalue weighted by atomic mass is 10.0. The number of thiophene rings is 1. The van der Waals surface area contributed by atoms with Crippen LogP contribution in [0.4, 0.5) is 0 Å². The van der Waals surface area contributed by atoms with Crippen LogP contribution in [0.5, 0.6) is 0 Å². The van der Waals surface area contributed by atoms with Crippen LogP contribution in [-0.4, -0.2) is 47.5 Å². The van der Waals surface area contributed by atoms with Gasteiger partial charge in [0.25, 0.3) is 0 Å². The fourth-order valence-electron chi connectivity index (χ4n) is 3.65. The molecule has 1 fully saturated rings. The van der Waals surface area contributed by atoms with Crippen molar-refractivity contribution in [2.24, 2.45) is 0 Å². The Labute approximate surface area is 142 Å². The molecule has 0 aliphatic carbocycles. The summed E-state index contributed by atoms with van der Waals surface area (Å²) in [5.74, 6) is 0. The minimum atomic E-state index is 0.330.